The zero-order chi connectivity index (χ0) is 24.6. The van der Waals surface area contributed by atoms with E-state index < -0.39 is 16.1 Å². The molecule has 35 heavy (non-hydrogen) atoms. The van der Waals surface area contributed by atoms with Crippen molar-refractivity contribution >= 4 is 66.9 Å². The van der Waals surface area contributed by atoms with Crippen LogP contribution < -0.4 is 10.0 Å². The number of urea groups is 1. The number of carbonyl (C=O) groups is 1. The van der Waals surface area contributed by atoms with Gasteiger partial charge in [-0.3, -0.25) is 0 Å². The summed E-state index contributed by atoms with van der Waals surface area (Å²) in [6.07, 6.45) is 6.53. The summed E-state index contributed by atoms with van der Waals surface area (Å²) in [7, 11) is -4.06. The molecule has 180 valence electrons. The third-order valence-corrected chi connectivity index (χ3v) is 9.41. The molecule has 0 radical (unpaired) electrons. The predicted molar refractivity (Wildman–Crippen MR) is 140 cm³/mol. The number of rotatable bonds is 5. The highest BCUT2D eigenvalue weighted by atomic mass is 35.5. The second-order valence-electron chi connectivity index (χ2n) is 8.05. The zero-order valence-corrected chi connectivity index (χ0v) is 21.4. The molecule has 0 atom stereocenters. The first-order valence-corrected chi connectivity index (χ1v) is 13.9. The Morgan fingerprint density at radius 1 is 1.11 bits per heavy atom. The number of hydrogen-bond acceptors (Lipinski definition) is 5. The molecule has 0 fully saturated rings. The Balaban J connectivity index is 1.33. The number of aryl methyl sites for hydroxylation is 1. The van der Waals surface area contributed by atoms with Crippen LogP contribution >= 0.6 is 34.5 Å². The minimum atomic E-state index is -4.06. The molecule has 2 N–H and O–H groups in total. The number of sulfonamides is 1. The molecule has 1 aliphatic rings. The summed E-state index contributed by atoms with van der Waals surface area (Å²) in [5.41, 5.74) is 4.18. The molecule has 0 unspecified atom stereocenters. The Morgan fingerprint density at radius 2 is 1.91 bits per heavy atom. The number of hydrogen-bond donors (Lipinski definition) is 2. The van der Waals surface area contributed by atoms with Gasteiger partial charge in [0.2, 0.25) is 0 Å². The largest absolute Gasteiger partial charge is 0.334 e. The van der Waals surface area contributed by atoms with E-state index >= 15 is 0 Å². The van der Waals surface area contributed by atoms with Gasteiger partial charge in [0.1, 0.15) is 8.55 Å². The van der Waals surface area contributed by atoms with E-state index in [2.05, 4.69) is 34.7 Å². The summed E-state index contributed by atoms with van der Waals surface area (Å²) in [5, 5.41) is 9.63. The van der Waals surface area contributed by atoms with Crippen LogP contribution in [-0.4, -0.2) is 30.8 Å². The highest BCUT2D eigenvalue weighted by molar-refractivity contribution is 7.92. The lowest BCUT2D eigenvalue weighted by molar-refractivity contribution is 0.247. The Bertz CT molecular complexity index is 1560. The third kappa shape index (κ3) is 4.95. The molecule has 0 aliphatic heterocycles. The molecule has 5 rings (SSSR count). The topological polar surface area (TPSA) is 93.1 Å². The minimum Gasteiger partial charge on any atom is -0.334 e. The van der Waals surface area contributed by atoms with E-state index in [1.807, 2.05) is 39.9 Å². The van der Waals surface area contributed by atoms with E-state index in [1.54, 1.807) is 0 Å². The highest BCUT2D eigenvalue weighted by Crippen LogP contribution is 2.34. The lowest BCUT2D eigenvalue weighted by Gasteiger charge is -2.18. The summed E-state index contributed by atoms with van der Waals surface area (Å²) in [5.74, 6) is 0. The molecule has 11 heteroatoms. The minimum absolute atomic E-state index is 0.123. The number of amides is 2. The van der Waals surface area contributed by atoms with E-state index in [0.717, 1.165) is 63.9 Å². The van der Waals surface area contributed by atoms with Crippen molar-refractivity contribution in [1.82, 2.24) is 19.8 Å². The van der Waals surface area contributed by atoms with Gasteiger partial charge < -0.3 is 5.32 Å². The van der Waals surface area contributed by atoms with Gasteiger partial charge in [-0.15, -0.1) is 11.3 Å². The van der Waals surface area contributed by atoms with Crippen molar-refractivity contribution in [3.63, 3.8) is 0 Å². The molecular weight excluding hydrogens is 527 g/mol. The van der Waals surface area contributed by atoms with Crippen LogP contribution in [0.25, 0.3) is 22.0 Å². The number of carbonyl (C=O) groups excluding carboxylic acids is 1. The maximum absolute atomic E-state index is 12.4. The summed E-state index contributed by atoms with van der Waals surface area (Å²) < 4.78 is 28.7. The molecule has 0 spiro atoms. The van der Waals surface area contributed by atoms with Gasteiger partial charge in [0.25, 0.3) is 10.0 Å². The molecule has 4 aromatic rings. The SMILES string of the molecule is O=C(NCC=C1CCCc2cnn(-c3ccc4ccccc4c3)c21)NS(=O)(=O)c1cc(Cl)c(Cl)s1. The third-order valence-electron chi connectivity index (χ3n) is 5.74. The van der Waals surface area contributed by atoms with Crippen molar-refractivity contribution in [2.75, 3.05) is 6.54 Å². The van der Waals surface area contributed by atoms with Crippen LogP contribution in [0.2, 0.25) is 9.36 Å². The first-order chi connectivity index (χ1) is 16.8. The Hall–Kier alpha value is -2.85. The van der Waals surface area contributed by atoms with E-state index in [0.29, 0.717) is 0 Å². The smallest absolute Gasteiger partial charge is 0.328 e. The van der Waals surface area contributed by atoms with Crippen molar-refractivity contribution in [3.05, 3.63) is 81.4 Å². The second kappa shape index (κ2) is 9.66. The van der Waals surface area contributed by atoms with Gasteiger partial charge >= 0.3 is 6.03 Å². The van der Waals surface area contributed by atoms with Gasteiger partial charge in [-0.25, -0.2) is 22.6 Å². The number of aromatic nitrogens is 2. The average molecular weight is 547 g/mol. The van der Waals surface area contributed by atoms with Gasteiger partial charge in [0.15, 0.2) is 0 Å². The normalized spacial score (nSPS) is 14.7. The second-order valence-corrected chi connectivity index (χ2v) is 12.0. The van der Waals surface area contributed by atoms with E-state index in [4.69, 9.17) is 23.2 Å². The molecule has 2 aromatic heterocycles. The molecule has 2 aromatic carbocycles. The molecule has 1 aliphatic carbocycles. The maximum atomic E-state index is 12.4. The molecule has 7 nitrogen and oxygen atoms in total. The first kappa shape index (κ1) is 23.9. The van der Waals surface area contributed by atoms with Crippen molar-refractivity contribution in [3.8, 4) is 5.69 Å². The summed E-state index contributed by atoms with van der Waals surface area (Å²) >= 11 is 12.5. The van der Waals surface area contributed by atoms with Crippen LogP contribution in [0.4, 0.5) is 4.79 Å². The van der Waals surface area contributed by atoms with Crippen LogP contribution in [0.1, 0.15) is 24.1 Å². The number of allylic oxidation sites excluding steroid dienone is 1. The number of benzene rings is 2. The van der Waals surface area contributed by atoms with E-state index in [9.17, 15) is 13.2 Å². The molecule has 0 saturated heterocycles. The Labute approximate surface area is 216 Å². The molecule has 2 heterocycles. The van der Waals surface area contributed by atoms with E-state index in [1.165, 1.54) is 6.07 Å². The van der Waals surface area contributed by atoms with Crippen molar-refractivity contribution in [2.45, 2.75) is 23.5 Å². The van der Waals surface area contributed by atoms with Gasteiger partial charge in [0, 0.05) is 6.54 Å². The van der Waals surface area contributed by atoms with Crippen molar-refractivity contribution in [2.24, 2.45) is 0 Å². The highest BCUT2D eigenvalue weighted by Gasteiger charge is 2.23. The van der Waals surface area contributed by atoms with Crippen molar-refractivity contribution < 1.29 is 13.2 Å². The lowest BCUT2D eigenvalue weighted by atomic mass is 9.92. The van der Waals surface area contributed by atoms with Crippen LogP contribution in [-0.2, 0) is 16.4 Å². The van der Waals surface area contributed by atoms with Gasteiger partial charge in [0.05, 0.1) is 22.6 Å². The Kier molecular flexibility index (Phi) is 6.59. The fourth-order valence-corrected chi connectivity index (χ4v) is 6.94. The molecule has 0 saturated carbocycles. The lowest BCUT2D eigenvalue weighted by Crippen LogP contribution is -2.39. The fourth-order valence-electron chi connectivity index (χ4n) is 4.13. The quantitative estimate of drug-likeness (QED) is 0.330. The first-order valence-electron chi connectivity index (χ1n) is 10.8. The monoisotopic (exact) mass is 546 g/mol. The van der Waals surface area contributed by atoms with Crippen molar-refractivity contribution in [1.29, 1.82) is 0 Å². The van der Waals surface area contributed by atoms with Gasteiger partial charge in [-0.2, -0.15) is 5.10 Å². The van der Waals surface area contributed by atoms with Gasteiger partial charge in [-0.05, 0) is 59.4 Å². The fraction of sp³-hybridized carbons (Fsp3) is 0.167. The van der Waals surface area contributed by atoms with Crippen LogP contribution in [0.3, 0.4) is 0 Å². The van der Waals surface area contributed by atoms with Crippen LogP contribution in [0.15, 0.2) is 65.0 Å². The van der Waals surface area contributed by atoms with Gasteiger partial charge in [-0.1, -0.05) is 59.6 Å². The van der Waals surface area contributed by atoms with Crippen LogP contribution in [0.5, 0.6) is 0 Å². The Morgan fingerprint density at radius 3 is 2.69 bits per heavy atom. The zero-order valence-electron chi connectivity index (χ0n) is 18.3. The number of fused-ring (bicyclic) bond motifs is 2. The molecule has 2 amide bonds. The number of nitrogens with one attached hydrogen (secondary N) is 2. The molecule has 0 bridgehead atoms. The number of halogens is 2. The number of thiophene rings is 1. The summed E-state index contributed by atoms with van der Waals surface area (Å²) in [6, 6.07) is 14.8. The number of nitrogens with zero attached hydrogens (tertiary/aromatic N) is 2. The average Bonchev–Trinajstić information content (AvgIpc) is 3.42. The summed E-state index contributed by atoms with van der Waals surface area (Å²) in [6.45, 7) is 0.158. The molecular formula is C24H20Cl2N4O3S2. The van der Waals surface area contributed by atoms with E-state index in [-0.39, 0.29) is 20.1 Å². The summed E-state index contributed by atoms with van der Waals surface area (Å²) in [4.78, 5) is 12.3. The van der Waals surface area contributed by atoms with Crippen LogP contribution in [0, 0.1) is 0 Å². The predicted octanol–water partition coefficient (Wildman–Crippen LogP) is 5.80. The standard InChI is InChI=1S/C24H20Cl2N4O3S2/c25-20-13-21(34-23(20)26)35(32,33)29-24(31)27-11-10-16-6-3-7-18-14-28-30(22(16)18)19-9-8-15-4-1-2-5-17(15)12-19/h1-2,4-5,8-10,12-14H,3,6-7,11H2,(H2,27,29,31). The maximum Gasteiger partial charge on any atom is 0.328 e.